The lowest BCUT2D eigenvalue weighted by Gasteiger charge is -2.08. The molecule has 1 aromatic heterocycles. The van der Waals surface area contributed by atoms with Gasteiger partial charge in [0.05, 0.1) is 18.7 Å². The van der Waals surface area contributed by atoms with E-state index in [2.05, 4.69) is 10.5 Å². The molecular weight excluding hydrogens is 323 g/mol. The molecule has 3 rings (SSSR count). The Hall–Kier alpha value is -2.21. The fraction of sp³-hybridized carbons (Fsp3) is 0.474. The lowest BCUT2D eigenvalue weighted by atomic mass is 10.0. The van der Waals surface area contributed by atoms with Crippen LogP contribution >= 0.6 is 0 Å². The van der Waals surface area contributed by atoms with Gasteiger partial charge in [-0.1, -0.05) is 17.3 Å². The minimum atomic E-state index is -0.239. The number of nitrogens with one attached hydrogen (secondary N) is 1. The molecule has 2 aromatic rings. The van der Waals surface area contributed by atoms with E-state index in [1.54, 1.807) is 6.07 Å². The van der Waals surface area contributed by atoms with Crippen molar-refractivity contribution < 1.29 is 18.4 Å². The van der Waals surface area contributed by atoms with Gasteiger partial charge in [0.15, 0.2) is 0 Å². The van der Waals surface area contributed by atoms with Crippen molar-refractivity contribution in [2.45, 2.75) is 32.6 Å². The molecule has 1 amide bonds. The molecule has 1 saturated heterocycles. The molecule has 1 fully saturated rings. The second-order valence-corrected chi connectivity index (χ2v) is 6.52. The molecular formula is C19H23FN2O3. The van der Waals surface area contributed by atoms with E-state index in [-0.39, 0.29) is 18.1 Å². The van der Waals surface area contributed by atoms with Crippen LogP contribution < -0.4 is 5.32 Å². The molecule has 1 atom stereocenters. The molecule has 0 aliphatic carbocycles. The average molecular weight is 346 g/mol. The summed E-state index contributed by atoms with van der Waals surface area (Å²) in [6.45, 7) is 4.04. The van der Waals surface area contributed by atoms with Gasteiger partial charge in [-0.05, 0) is 37.5 Å². The van der Waals surface area contributed by atoms with Crippen molar-refractivity contribution in [1.82, 2.24) is 10.5 Å². The van der Waals surface area contributed by atoms with E-state index in [1.165, 1.54) is 12.1 Å². The number of carbonyl (C=O) groups excluding carboxylic acids is 1. The van der Waals surface area contributed by atoms with E-state index >= 15 is 0 Å². The highest BCUT2D eigenvalue weighted by Gasteiger charge is 2.18. The first-order valence-corrected chi connectivity index (χ1v) is 8.64. The number of hydrogen-bond donors (Lipinski definition) is 1. The van der Waals surface area contributed by atoms with Gasteiger partial charge in [-0.15, -0.1) is 0 Å². The molecule has 5 nitrogen and oxygen atoms in total. The van der Waals surface area contributed by atoms with Gasteiger partial charge in [0.2, 0.25) is 5.91 Å². The monoisotopic (exact) mass is 346 g/mol. The van der Waals surface area contributed by atoms with Gasteiger partial charge in [0, 0.05) is 31.1 Å². The van der Waals surface area contributed by atoms with Gasteiger partial charge in [-0.3, -0.25) is 4.79 Å². The number of hydrogen-bond acceptors (Lipinski definition) is 4. The number of aromatic nitrogens is 1. The Kier molecular flexibility index (Phi) is 5.81. The first-order valence-electron chi connectivity index (χ1n) is 8.64. The van der Waals surface area contributed by atoms with E-state index in [0.717, 1.165) is 29.9 Å². The number of carbonyl (C=O) groups is 1. The predicted molar refractivity (Wildman–Crippen MR) is 90.7 cm³/mol. The fourth-order valence-corrected chi connectivity index (χ4v) is 2.97. The van der Waals surface area contributed by atoms with Gasteiger partial charge in [0.1, 0.15) is 11.6 Å². The van der Waals surface area contributed by atoms with Crippen LogP contribution in [0.2, 0.25) is 0 Å². The number of ether oxygens (including phenoxy) is 1. The molecule has 134 valence electrons. The second kappa shape index (κ2) is 8.25. The van der Waals surface area contributed by atoms with E-state index in [1.807, 2.05) is 13.0 Å². The first kappa shape index (κ1) is 17.6. The van der Waals surface area contributed by atoms with Crippen molar-refractivity contribution in [1.29, 1.82) is 0 Å². The Balaban J connectivity index is 1.50. The Morgan fingerprint density at radius 3 is 3.04 bits per heavy atom. The summed E-state index contributed by atoms with van der Waals surface area (Å²) in [6.07, 6.45) is 2.50. The quantitative estimate of drug-likeness (QED) is 0.837. The molecule has 1 unspecified atom stereocenters. The summed E-state index contributed by atoms with van der Waals surface area (Å²) in [5.41, 5.74) is 2.47. The van der Waals surface area contributed by atoms with Crippen molar-refractivity contribution in [3.8, 4) is 0 Å². The number of aryl methyl sites for hydroxylation is 2. The van der Waals surface area contributed by atoms with Crippen molar-refractivity contribution in [3.63, 3.8) is 0 Å². The molecule has 6 heteroatoms. The molecule has 0 saturated carbocycles. The van der Waals surface area contributed by atoms with Crippen LogP contribution in [0.15, 0.2) is 28.8 Å². The summed E-state index contributed by atoms with van der Waals surface area (Å²) >= 11 is 0. The lowest BCUT2D eigenvalue weighted by molar-refractivity contribution is -0.120. The second-order valence-electron chi connectivity index (χ2n) is 6.52. The highest BCUT2D eigenvalue weighted by atomic mass is 19.1. The van der Waals surface area contributed by atoms with Gasteiger partial charge in [-0.2, -0.15) is 0 Å². The minimum Gasteiger partial charge on any atom is -0.381 e. The average Bonchev–Trinajstić information content (AvgIpc) is 3.23. The van der Waals surface area contributed by atoms with Crippen molar-refractivity contribution in [2.75, 3.05) is 19.8 Å². The Bertz CT molecular complexity index is 723. The Labute approximate surface area is 146 Å². The summed E-state index contributed by atoms with van der Waals surface area (Å²) in [5, 5.41) is 6.96. The molecule has 0 radical (unpaired) electrons. The molecule has 1 aliphatic heterocycles. The van der Waals surface area contributed by atoms with Crippen molar-refractivity contribution in [3.05, 3.63) is 52.7 Å². The maximum atomic E-state index is 13.2. The highest BCUT2D eigenvalue weighted by molar-refractivity contribution is 5.78. The maximum Gasteiger partial charge on any atom is 0.226 e. The Morgan fingerprint density at radius 1 is 1.40 bits per heavy atom. The van der Waals surface area contributed by atoms with Crippen LogP contribution in [-0.4, -0.2) is 30.8 Å². The van der Waals surface area contributed by atoms with Gasteiger partial charge >= 0.3 is 0 Å². The van der Waals surface area contributed by atoms with E-state index in [0.29, 0.717) is 37.6 Å². The largest absolute Gasteiger partial charge is 0.381 e. The van der Waals surface area contributed by atoms with E-state index in [9.17, 15) is 9.18 Å². The lowest BCUT2D eigenvalue weighted by Crippen LogP contribution is -2.30. The third-order valence-electron chi connectivity index (χ3n) is 4.59. The van der Waals surface area contributed by atoms with Crippen LogP contribution in [0.5, 0.6) is 0 Å². The zero-order valence-electron chi connectivity index (χ0n) is 14.4. The van der Waals surface area contributed by atoms with Crippen LogP contribution in [0.25, 0.3) is 0 Å². The topological polar surface area (TPSA) is 64.4 Å². The fourth-order valence-electron chi connectivity index (χ4n) is 2.97. The van der Waals surface area contributed by atoms with Gasteiger partial charge < -0.3 is 14.6 Å². The van der Waals surface area contributed by atoms with Gasteiger partial charge in [-0.25, -0.2) is 4.39 Å². The minimum absolute atomic E-state index is 0.0556. The van der Waals surface area contributed by atoms with E-state index in [4.69, 9.17) is 9.26 Å². The van der Waals surface area contributed by atoms with Gasteiger partial charge in [0.25, 0.3) is 0 Å². The van der Waals surface area contributed by atoms with E-state index < -0.39 is 0 Å². The maximum absolute atomic E-state index is 13.2. The first-order chi connectivity index (χ1) is 12.1. The summed E-state index contributed by atoms with van der Waals surface area (Å²) in [5.74, 6) is 0.859. The highest BCUT2D eigenvalue weighted by Crippen LogP contribution is 2.17. The van der Waals surface area contributed by atoms with Crippen LogP contribution in [0.3, 0.4) is 0 Å². The molecule has 2 heterocycles. The SMILES string of the molecule is Cc1c(CC(=O)NCC2CCOC2)noc1CCc1cccc(F)c1. The predicted octanol–water partition coefficient (Wildman–Crippen LogP) is 2.60. The van der Waals surface area contributed by atoms with Crippen molar-refractivity contribution in [2.24, 2.45) is 5.92 Å². The number of benzene rings is 1. The zero-order chi connectivity index (χ0) is 17.6. The summed E-state index contributed by atoms with van der Waals surface area (Å²) < 4.78 is 23.9. The summed E-state index contributed by atoms with van der Waals surface area (Å²) in [6, 6.07) is 6.53. The number of amides is 1. The van der Waals surface area contributed by atoms with Crippen LogP contribution in [0.4, 0.5) is 4.39 Å². The van der Waals surface area contributed by atoms with Crippen LogP contribution in [0, 0.1) is 18.7 Å². The molecule has 0 spiro atoms. The summed E-state index contributed by atoms with van der Waals surface area (Å²) in [7, 11) is 0. The van der Waals surface area contributed by atoms with Crippen LogP contribution in [0.1, 0.15) is 29.0 Å². The molecule has 1 aliphatic rings. The van der Waals surface area contributed by atoms with Crippen LogP contribution in [-0.2, 0) is 28.8 Å². The molecule has 1 aromatic carbocycles. The normalized spacial score (nSPS) is 17.0. The Morgan fingerprint density at radius 2 is 2.28 bits per heavy atom. The van der Waals surface area contributed by atoms with Crippen molar-refractivity contribution >= 4 is 5.91 Å². The number of nitrogens with zero attached hydrogens (tertiary/aromatic N) is 1. The summed E-state index contributed by atoms with van der Waals surface area (Å²) in [4.78, 5) is 12.1. The number of rotatable bonds is 7. The molecule has 25 heavy (non-hydrogen) atoms. The smallest absolute Gasteiger partial charge is 0.226 e. The molecule has 0 bridgehead atoms. The number of halogens is 1. The standard InChI is InChI=1S/C19H23FN2O3/c1-13-17(10-19(23)21-11-15-7-8-24-12-15)22-25-18(13)6-5-14-3-2-4-16(20)9-14/h2-4,9,15H,5-8,10-12H2,1H3,(H,21,23). The third-order valence-corrected chi connectivity index (χ3v) is 4.59. The molecule has 1 N–H and O–H groups in total. The third kappa shape index (κ3) is 4.89. The zero-order valence-corrected chi connectivity index (χ0v) is 14.4.